The van der Waals surface area contributed by atoms with Crippen LogP contribution in [0.5, 0.6) is 0 Å². The van der Waals surface area contributed by atoms with E-state index < -0.39 is 0 Å². The molecule has 1 aliphatic rings. The average molecular weight is 279 g/mol. The zero-order valence-electron chi connectivity index (χ0n) is 12.3. The van der Waals surface area contributed by atoms with E-state index in [-0.39, 0.29) is 6.10 Å². The molecule has 0 saturated carbocycles. The maximum Gasteiger partial charge on any atom is 0.139 e. The Hall–Kier alpha value is -0.890. The summed E-state index contributed by atoms with van der Waals surface area (Å²) in [4.78, 5) is 3.59. The summed E-state index contributed by atoms with van der Waals surface area (Å²) in [5, 5.41) is 0. The van der Waals surface area contributed by atoms with Crippen molar-refractivity contribution < 1.29 is 4.74 Å². The fraction of sp³-hybridized carbons (Fsp3) is 0.562. The number of nitrogens with zero attached hydrogens (tertiary/aromatic N) is 1. The molecule has 0 aromatic heterocycles. The zero-order chi connectivity index (χ0) is 14.1. The largest absolute Gasteiger partial charge is 0.486 e. The molecular weight excluding hydrogens is 254 g/mol. The Morgan fingerprint density at radius 1 is 1.58 bits per heavy atom. The molecule has 1 aliphatic carbocycles. The van der Waals surface area contributed by atoms with Crippen LogP contribution in [0.4, 0.5) is 0 Å². The second kappa shape index (κ2) is 9.08. The van der Waals surface area contributed by atoms with Crippen molar-refractivity contribution in [3.63, 3.8) is 0 Å². The first-order valence-corrected chi connectivity index (χ1v) is 7.79. The molecule has 0 aromatic carbocycles. The molecule has 0 saturated heterocycles. The SMILES string of the molecule is C=C=C(CCSC1=CC=CCC1)OC(C)CN(C)C. The number of hydrogen-bond donors (Lipinski definition) is 0. The summed E-state index contributed by atoms with van der Waals surface area (Å²) in [6, 6.07) is 0. The van der Waals surface area contributed by atoms with Crippen molar-refractivity contribution in [1.29, 1.82) is 0 Å². The molecule has 0 spiro atoms. The second-order valence-electron chi connectivity index (χ2n) is 4.99. The molecule has 1 rings (SSSR count). The first kappa shape index (κ1) is 16.2. The van der Waals surface area contributed by atoms with Crippen LogP contribution in [0.3, 0.4) is 0 Å². The minimum Gasteiger partial charge on any atom is -0.486 e. The summed E-state index contributed by atoms with van der Waals surface area (Å²) < 4.78 is 5.85. The fourth-order valence-corrected chi connectivity index (χ4v) is 2.95. The van der Waals surface area contributed by atoms with Gasteiger partial charge < -0.3 is 9.64 Å². The molecule has 2 nitrogen and oxygen atoms in total. The van der Waals surface area contributed by atoms with E-state index in [1.54, 1.807) is 0 Å². The van der Waals surface area contributed by atoms with Crippen molar-refractivity contribution in [2.24, 2.45) is 0 Å². The minimum atomic E-state index is 0.182. The number of rotatable bonds is 8. The quantitative estimate of drug-likeness (QED) is 0.492. The zero-order valence-corrected chi connectivity index (χ0v) is 13.1. The fourth-order valence-electron chi connectivity index (χ4n) is 1.96. The highest BCUT2D eigenvalue weighted by molar-refractivity contribution is 8.03. The molecule has 0 aromatic rings. The molecule has 1 unspecified atom stereocenters. The van der Waals surface area contributed by atoms with Gasteiger partial charge in [0, 0.05) is 18.7 Å². The number of thioether (sulfide) groups is 1. The smallest absolute Gasteiger partial charge is 0.139 e. The summed E-state index contributed by atoms with van der Waals surface area (Å²) in [5.41, 5.74) is 2.92. The Morgan fingerprint density at radius 2 is 2.37 bits per heavy atom. The van der Waals surface area contributed by atoms with Crippen LogP contribution in [0.25, 0.3) is 0 Å². The number of hydrogen-bond acceptors (Lipinski definition) is 3. The lowest BCUT2D eigenvalue weighted by Gasteiger charge is -2.19. The summed E-state index contributed by atoms with van der Waals surface area (Å²) in [5.74, 6) is 1.92. The molecule has 3 heteroatoms. The van der Waals surface area contributed by atoms with Crippen LogP contribution in [-0.2, 0) is 4.74 Å². The van der Waals surface area contributed by atoms with E-state index in [1.807, 2.05) is 11.8 Å². The molecule has 0 fully saturated rings. The molecular formula is C16H25NOS. The van der Waals surface area contributed by atoms with Crippen LogP contribution in [0.1, 0.15) is 26.2 Å². The van der Waals surface area contributed by atoms with Crippen LogP contribution in [-0.4, -0.2) is 37.4 Å². The van der Waals surface area contributed by atoms with Gasteiger partial charge in [0.2, 0.25) is 0 Å². The van der Waals surface area contributed by atoms with Crippen LogP contribution in [0.2, 0.25) is 0 Å². The Bertz CT molecular complexity index is 378. The summed E-state index contributed by atoms with van der Waals surface area (Å²) in [7, 11) is 4.10. The summed E-state index contributed by atoms with van der Waals surface area (Å²) in [6.07, 6.45) is 9.98. The third-order valence-corrected chi connectivity index (χ3v) is 3.87. The Balaban J connectivity index is 2.27. The van der Waals surface area contributed by atoms with Crippen LogP contribution >= 0.6 is 11.8 Å². The molecule has 0 amide bonds. The standard InChI is InChI=1S/C16H25NOS/c1-5-15(18-14(2)13-17(3)4)11-12-19-16-9-7-6-8-10-16/h6-7,9,14H,1,8,10-13H2,2-4H3. The van der Waals surface area contributed by atoms with Gasteiger partial charge in [0.05, 0.1) is 0 Å². The van der Waals surface area contributed by atoms with Crippen molar-refractivity contribution in [3.05, 3.63) is 41.2 Å². The first-order valence-electron chi connectivity index (χ1n) is 6.80. The van der Waals surface area contributed by atoms with Gasteiger partial charge in [0.1, 0.15) is 11.9 Å². The van der Waals surface area contributed by atoms with Gasteiger partial charge in [-0.3, -0.25) is 0 Å². The van der Waals surface area contributed by atoms with Crippen molar-refractivity contribution >= 4 is 11.8 Å². The predicted molar refractivity (Wildman–Crippen MR) is 85.3 cm³/mol. The van der Waals surface area contributed by atoms with E-state index in [0.29, 0.717) is 0 Å². The number of ether oxygens (including phenoxy) is 1. The molecule has 0 bridgehead atoms. The van der Waals surface area contributed by atoms with Gasteiger partial charge >= 0.3 is 0 Å². The van der Waals surface area contributed by atoms with E-state index in [0.717, 1.165) is 24.5 Å². The van der Waals surface area contributed by atoms with Crippen molar-refractivity contribution in [1.82, 2.24) is 4.90 Å². The van der Waals surface area contributed by atoms with E-state index in [4.69, 9.17) is 4.74 Å². The molecule has 0 aliphatic heterocycles. The van der Waals surface area contributed by atoms with Gasteiger partial charge in [-0.2, -0.15) is 0 Å². The summed E-state index contributed by atoms with van der Waals surface area (Å²) >= 11 is 1.91. The van der Waals surface area contributed by atoms with Crippen LogP contribution in [0.15, 0.2) is 41.2 Å². The molecule has 19 heavy (non-hydrogen) atoms. The van der Waals surface area contributed by atoms with Crippen LogP contribution in [0, 0.1) is 0 Å². The third kappa shape index (κ3) is 7.31. The topological polar surface area (TPSA) is 12.5 Å². The predicted octanol–water partition coefficient (Wildman–Crippen LogP) is 3.98. The maximum absolute atomic E-state index is 5.85. The number of allylic oxidation sites excluding steroid dienone is 5. The second-order valence-corrected chi connectivity index (χ2v) is 6.21. The lowest BCUT2D eigenvalue weighted by atomic mass is 10.2. The molecule has 1 atom stereocenters. The Labute approximate surface area is 121 Å². The highest BCUT2D eigenvalue weighted by atomic mass is 32.2. The third-order valence-electron chi connectivity index (χ3n) is 2.76. The lowest BCUT2D eigenvalue weighted by Crippen LogP contribution is -2.25. The average Bonchev–Trinajstić information content (AvgIpc) is 2.38. The van der Waals surface area contributed by atoms with Crippen molar-refractivity contribution in [2.75, 3.05) is 26.4 Å². The molecule has 0 heterocycles. The minimum absolute atomic E-state index is 0.182. The van der Waals surface area contributed by atoms with E-state index >= 15 is 0 Å². The van der Waals surface area contributed by atoms with E-state index in [9.17, 15) is 0 Å². The maximum atomic E-state index is 5.85. The van der Waals surface area contributed by atoms with Gasteiger partial charge in [-0.25, -0.2) is 0 Å². The van der Waals surface area contributed by atoms with E-state index in [1.165, 1.54) is 17.7 Å². The normalized spacial score (nSPS) is 15.9. The Kier molecular flexibility index (Phi) is 7.73. The van der Waals surface area contributed by atoms with Crippen molar-refractivity contribution in [3.8, 4) is 0 Å². The van der Waals surface area contributed by atoms with Crippen LogP contribution < -0.4 is 0 Å². The molecule has 106 valence electrons. The van der Waals surface area contributed by atoms with Crippen molar-refractivity contribution in [2.45, 2.75) is 32.3 Å². The van der Waals surface area contributed by atoms with Gasteiger partial charge in [-0.15, -0.1) is 11.8 Å². The Morgan fingerprint density at radius 3 is 2.95 bits per heavy atom. The highest BCUT2D eigenvalue weighted by Crippen LogP contribution is 2.26. The molecule has 0 radical (unpaired) electrons. The summed E-state index contributed by atoms with van der Waals surface area (Å²) in [6.45, 7) is 6.72. The highest BCUT2D eigenvalue weighted by Gasteiger charge is 2.08. The number of likely N-dealkylation sites (N-methyl/N-ethyl adjacent to an activating group) is 1. The molecule has 0 N–H and O–H groups in total. The monoisotopic (exact) mass is 279 g/mol. The lowest BCUT2D eigenvalue weighted by molar-refractivity contribution is 0.101. The van der Waals surface area contributed by atoms with Gasteiger partial charge in [0.25, 0.3) is 0 Å². The van der Waals surface area contributed by atoms with E-state index in [2.05, 4.69) is 56.5 Å². The van der Waals surface area contributed by atoms with Gasteiger partial charge in [0.15, 0.2) is 0 Å². The first-order chi connectivity index (χ1) is 9.11. The van der Waals surface area contributed by atoms with Gasteiger partial charge in [-0.05, 0) is 38.8 Å². The van der Waals surface area contributed by atoms with Gasteiger partial charge in [-0.1, -0.05) is 30.5 Å².